The molecule has 0 spiro atoms. The van der Waals surface area contributed by atoms with Gasteiger partial charge in [-0.1, -0.05) is 57.8 Å². The zero-order valence-electron chi connectivity index (χ0n) is 31.5. The molecule has 46 heavy (non-hydrogen) atoms. The third-order valence-corrected chi connectivity index (χ3v) is 23.1. The predicted molar refractivity (Wildman–Crippen MR) is 217 cm³/mol. The van der Waals surface area contributed by atoms with Gasteiger partial charge in [-0.25, -0.2) is 0 Å². The molecule has 272 valence electrons. The summed E-state index contributed by atoms with van der Waals surface area (Å²) >= 11 is 7.09. The van der Waals surface area contributed by atoms with Crippen LogP contribution in [0.1, 0.15) is 154 Å². The summed E-state index contributed by atoms with van der Waals surface area (Å²) < 4.78 is 4.11. The van der Waals surface area contributed by atoms with Crippen LogP contribution in [-0.4, -0.2) is 111 Å². The molecular weight excluding hydrogens is 638 g/mol. The lowest BCUT2D eigenvalue weighted by Crippen LogP contribution is -2.41. The summed E-state index contributed by atoms with van der Waals surface area (Å²) in [5.74, 6) is 4.24. The summed E-state index contributed by atoms with van der Waals surface area (Å²) in [6.45, 7) is 12.9. The second kappa shape index (κ2) is 25.3. The van der Waals surface area contributed by atoms with Gasteiger partial charge in [0.2, 0.25) is 0 Å². The molecule has 7 heteroatoms. The van der Waals surface area contributed by atoms with Crippen molar-refractivity contribution in [2.45, 2.75) is 154 Å². The van der Waals surface area contributed by atoms with Gasteiger partial charge in [-0.05, 0) is 75.0 Å². The van der Waals surface area contributed by atoms with Gasteiger partial charge >= 0.3 is 0 Å². The predicted octanol–water partition coefficient (Wildman–Crippen LogP) is 12.2. The number of rotatable bonds is 30. The highest BCUT2D eigenvalue weighted by Gasteiger charge is 2.27. The maximum absolute atomic E-state index is 2.50. The highest BCUT2D eigenvalue weighted by Crippen LogP contribution is 2.70. The molecule has 3 fully saturated rings. The molecule has 0 aromatic rings. The van der Waals surface area contributed by atoms with Crippen molar-refractivity contribution < 1.29 is 13.4 Å². The fourth-order valence-corrected chi connectivity index (χ4v) is 19.3. The highest BCUT2D eigenvalue weighted by molar-refractivity contribution is 9.12. The first-order valence-corrected chi connectivity index (χ1v) is 26.7. The summed E-state index contributed by atoms with van der Waals surface area (Å²) in [7, 11) is 7.49. The van der Waals surface area contributed by atoms with Crippen LogP contribution in [0, 0.1) is 0 Å². The average Bonchev–Trinajstić information content (AvgIpc) is 3.80. The second-order valence-electron chi connectivity index (χ2n) is 16.6. The minimum Gasteiger partial charge on any atom is -0.326 e. The molecule has 3 nitrogen and oxygen atoms in total. The van der Waals surface area contributed by atoms with Gasteiger partial charge in [0.1, 0.15) is 0 Å². The molecule has 0 aromatic carbocycles. The van der Waals surface area contributed by atoms with Crippen LogP contribution in [0.4, 0.5) is 0 Å². The van der Waals surface area contributed by atoms with E-state index in [1.54, 1.807) is 0 Å². The molecule has 0 bridgehead atoms. The lowest BCUT2D eigenvalue weighted by atomic mass is 10.1. The van der Waals surface area contributed by atoms with Crippen molar-refractivity contribution in [2.24, 2.45) is 0 Å². The van der Waals surface area contributed by atoms with E-state index in [9.17, 15) is 0 Å². The van der Waals surface area contributed by atoms with E-state index < -0.39 is 0 Å². The molecule has 0 saturated carbocycles. The maximum atomic E-state index is 2.50. The van der Waals surface area contributed by atoms with Gasteiger partial charge in [-0.15, -0.1) is 34.1 Å². The van der Waals surface area contributed by atoms with Crippen molar-refractivity contribution >= 4 is 39.7 Å². The molecule has 0 radical (unpaired) electrons. The molecule has 0 unspecified atom stereocenters. The molecule has 0 aromatic heterocycles. The van der Waals surface area contributed by atoms with E-state index in [1.807, 2.05) is 0 Å². The van der Waals surface area contributed by atoms with Crippen molar-refractivity contribution in [1.29, 1.82) is 0 Å². The van der Waals surface area contributed by atoms with Crippen LogP contribution < -0.4 is 0 Å². The number of hydrogen-bond acceptors (Lipinski definition) is 3. The first kappa shape index (κ1) is 41.8. The Morgan fingerprint density at radius 1 is 0.326 bits per heavy atom. The van der Waals surface area contributed by atoms with Crippen molar-refractivity contribution in [2.75, 3.05) is 97.3 Å². The van der Waals surface area contributed by atoms with Crippen LogP contribution in [0.3, 0.4) is 0 Å². The summed E-state index contributed by atoms with van der Waals surface area (Å²) in [4.78, 5) is 0. The Balaban J connectivity index is 1.17. The standard InChI is InChI=1S/C39H81N3PS3/c1-40(31-19-20-32-40)28-16-10-4-7-13-25-37-44-43(45-38-26-14-8-5-11-17-29-41(2)33-21-22-34-41)46-39-27-15-9-6-12-18-30-42(3)35-23-24-36-42/h4-39H2,1-3H3/q+3. The van der Waals surface area contributed by atoms with Gasteiger partial charge in [-0.3, -0.25) is 0 Å². The molecule has 3 aliphatic heterocycles. The zero-order chi connectivity index (χ0) is 32.7. The monoisotopic (exact) mass is 719 g/mol. The van der Waals surface area contributed by atoms with Crippen LogP contribution in [0.15, 0.2) is 0 Å². The molecule has 0 amide bonds. The second-order valence-corrected chi connectivity index (χ2v) is 26.7. The van der Waals surface area contributed by atoms with Crippen LogP contribution in [0.25, 0.3) is 0 Å². The van der Waals surface area contributed by atoms with Crippen LogP contribution in [-0.2, 0) is 0 Å². The Morgan fingerprint density at radius 3 is 0.804 bits per heavy atom. The van der Waals surface area contributed by atoms with Gasteiger partial charge in [0.05, 0.1) is 85.6 Å². The van der Waals surface area contributed by atoms with E-state index in [1.165, 1.54) is 244 Å². The van der Waals surface area contributed by atoms with Gasteiger partial charge in [0, 0.05) is 38.5 Å². The van der Waals surface area contributed by atoms with Crippen molar-refractivity contribution in [3.05, 3.63) is 0 Å². The lowest BCUT2D eigenvalue weighted by Gasteiger charge is -2.29. The Labute approximate surface area is 303 Å². The number of quaternary nitrogens is 3. The smallest absolute Gasteiger partial charge is 0.0786 e. The quantitative estimate of drug-likeness (QED) is 0.0412. The molecule has 3 aliphatic rings. The Kier molecular flexibility index (Phi) is 23.0. The van der Waals surface area contributed by atoms with E-state index in [0.29, 0.717) is 0 Å². The molecule has 3 rings (SSSR count). The first-order valence-electron chi connectivity index (χ1n) is 20.6. The maximum Gasteiger partial charge on any atom is 0.0786 e. The van der Waals surface area contributed by atoms with Crippen LogP contribution in [0.5, 0.6) is 0 Å². The highest BCUT2D eigenvalue weighted by atomic mass is 33.4. The molecule has 0 aliphatic carbocycles. The van der Waals surface area contributed by atoms with E-state index in [-0.39, 0.29) is 5.53 Å². The number of unbranched alkanes of at least 4 members (excludes halogenated alkanes) is 15. The Hall–Kier alpha value is 1.36. The molecular formula is C39H81N3PS3+3. The van der Waals surface area contributed by atoms with Gasteiger partial charge in [-0.2, -0.15) is 0 Å². The van der Waals surface area contributed by atoms with E-state index in [2.05, 4.69) is 55.3 Å². The minimum absolute atomic E-state index is 0.0589. The van der Waals surface area contributed by atoms with Crippen LogP contribution >= 0.6 is 39.7 Å². The van der Waals surface area contributed by atoms with E-state index >= 15 is 0 Å². The number of hydrogen-bond donors (Lipinski definition) is 0. The fourth-order valence-electron chi connectivity index (χ4n) is 8.40. The van der Waals surface area contributed by atoms with Crippen molar-refractivity contribution in [3.63, 3.8) is 0 Å². The summed E-state index contributed by atoms with van der Waals surface area (Å²) in [5.41, 5.74) is 0.0589. The third kappa shape index (κ3) is 19.7. The molecule has 0 N–H and O–H groups in total. The normalized spacial score (nSPS) is 20.3. The van der Waals surface area contributed by atoms with Crippen molar-refractivity contribution in [1.82, 2.24) is 0 Å². The number of nitrogens with zero attached hydrogens (tertiary/aromatic N) is 3. The first-order chi connectivity index (χ1) is 22.4. The topological polar surface area (TPSA) is 0 Å². The van der Waals surface area contributed by atoms with E-state index in [0.717, 1.165) is 0 Å². The molecule has 0 atom stereocenters. The Bertz CT molecular complexity index is 628. The summed E-state index contributed by atoms with van der Waals surface area (Å²) in [5, 5.41) is 0. The van der Waals surface area contributed by atoms with Gasteiger partial charge < -0.3 is 13.4 Å². The molecule has 3 saturated heterocycles. The SMILES string of the molecule is C[N+]1(CCCCCCCCSP(SCCCCCCCC[N+]2(C)CCCC2)SCCCCCCCC[N+]2(C)CCCC2)CCCC1. The molecule has 3 heterocycles. The minimum atomic E-state index is 0.0589. The third-order valence-electron chi connectivity index (χ3n) is 11.8. The lowest BCUT2D eigenvalue weighted by molar-refractivity contribution is -0.897. The summed E-state index contributed by atoms with van der Waals surface area (Å²) in [6.07, 6.45) is 35.2. The van der Waals surface area contributed by atoms with Gasteiger partial charge in [0.25, 0.3) is 0 Å². The van der Waals surface area contributed by atoms with Crippen molar-refractivity contribution in [3.8, 4) is 0 Å². The van der Waals surface area contributed by atoms with Gasteiger partial charge in [0.15, 0.2) is 0 Å². The summed E-state index contributed by atoms with van der Waals surface area (Å²) in [6, 6.07) is 0. The van der Waals surface area contributed by atoms with Crippen LogP contribution in [0.2, 0.25) is 0 Å². The fraction of sp³-hybridized carbons (Fsp3) is 1.00. The Morgan fingerprint density at radius 2 is 0.543 bits per heavy atom. The average molecular weight is 719 g/mol. The number of likely N-dealkylation sites (tertiary alicyclic amines) is 3. The van der Waals surface area contributed by atoms with E-state index in [4.69, 9.17) is 0 Å². The zero-order valence-corrected chi connectivity index (χ0v) is 34.8. The largest absolute Gasteiger partial charge is 0.326 e.